The largest absolute Gasteiger partial charge is 0.394 e. The van der Waals surface area contributed by atoms with E-state index in [2.05, 4.69) is 5.32 Å². The molecule has 104 valence electrons. The summed E-state index contributed by atoms with van der Waals surface area (Å²) in [7, 11) is 0. The number of carbonyl (C=O) groups excluding carboxylic acids is 1. The number of nitrogens with one attached hydrogen (secondary N) is 1. The van der Waals surface area contributed by atoms with Gasteiger partial charge >= 0.3 is 0 Å². The fourth-order valence-electron chi connectivity index (χ4n) is 2.59. The average molecular weight is 262 g/mol. The van der Waals surface area contributed by atoms with Crippen molar-refractivity contribution in [2.24, 2.45) is 11.7 Å². The monoisotopic (exact) mass is 262 g/mol. The van der Waals surface area contributed by atoms with Crippen molar-refractivity contribution in [1.29, 1.82) is 0 Å². The Balaban J connectivity index is 1.93. The highest BCUT2D eigenvalue weighted by Crippen LogP contribution is 2.24. The first-order valence-corrected chi connectivity index (χ1v) is 6.92. The van der Waals surface area contributed by atoms with Crippen molar-refractivity contribution < 1.29 is 9.90 Å². The van der Waals surface area contributed by atoms with E-state index >= 15 is 0 Å². The van der Waals surface area contributed by atoms with Gasteiger partial charge in [-0.2, -0.15) is 0 Å². The maximum atomic E-state index is 12.2. The molecule has 2 rings (SSSR count). The van der Waals surface area contributed by atoms with E-state index in [0.717, 1.165) is 31.2 Å². The Hall–Kier alpha value is -1.39. The maximum Gasteiger partial charge on any atom is 0.223 e. The topological polar surface area (TPSA) is 75.4 Å². The fraction of sp³-hybridized carbons (Fsp3) is 0.533. The maximum absolute atomic E-state index is 12.2. The molecule has 0 saturated heterocycles. The quantitative estimate of drug-likeness (QED) is 0.766. The van der Waals surface area contributed by atoms with Gasteiger partial charge < -0.3 is 16.2 Å². The van der Waals surface area contributed by atoms with Gasteiger partial charge in [-0.05, 0) is 31.2 Å². The first-order valence-electron chi connectivity index (χ1n) is 6.92. The summed E-state index contributed by atoms with van der Waals surface area (Å²) in [5.74, 6) is 0.0763. The Morgan fingerprint density at radius 1 is 1.26 bits per heavy atom. The standard InChI is InChI=1S/C15H22N2O2/c16-13-8-6-12(7-9-13)15(19)17-14(10-18)11-4-2-1-3-5-11/h1-5,12-14,18H,6-10,16H2,(H,17,19)/t12?,13?,14-/m0/s1. The molecule has 0 spiro atoms. The Morgan fingerprint density at radius 3 is 2.47 bits per heavy atom. The van der Waals surface area contributed by atoms with Crippen molar-refractivity contribution in [3.8, 4) is 0 Å². The van der Waals surface area contributed by atoms with Gasteiger partial charge in [0.25, 0.3) is 0 Å². The fourth-order valence-corrected chi connectivity index (χ4v) is 2.59. The first kappa shape index (κ1) is 14.0. The molecule has 1 aliphatic carbocycles. The molecule has 0 radical (unpaired) electrons. The molecule has 1 fully saturated rings. The van der Waals surface area contributed by atoms with E-state index in [1.54, 1.807) is 0 Å². The number of rotatable bonds is 4. The molecule has 0 aromatic heterocycles. The highest BCUT2D eigenvalue weighted by atomic mass is 16.3. The van der Waals surface area contributed by atoms with Crippen LogP contribution in [-0.4, -0.2) is 23.7 Å². The normalized spacial score (nSPS) is 24.7. The van der Waals surface area contributed by atoms with Crippen molar-refractivity contribution >= 4 is 5.91 Å². The smallest absolute Gasteiger partial charge is 0.223 e. The second-order valence-electron chi connectivity index (χ2n) is 5.27. The van der Waals surface area contributed by atoms with Crippen molar-refractivity contribution in [3.05, 3.63) is 35.9 Å². The first-order chi connectivity index (χ1) is 9.20. The molecule has 4 nitrogen and oxygen atoms in total. The lowest BCUT2D eigenvalue weighted by atomic mass is 9.85. The summed E-state index contributed by atoms with van der Waals surface area (Å²) in [6.07, 6.45) is 3.51. The van der Waals surface area contributed by atoms with Crippen LogP contribution in [0.15, 0.2) is 30.3 Å². The molecular formula is C15H22N2O2. The molecule has 1 aliphatic rings. The predicted octanol–water partition coefficient (Wildman–Crippen LogP) is 1.35. The third kappa shape index (κ3) is 3.78. The van der Waals surface area contributed by atoms with Crippen LogP contribution in [0.5, 0.6) is 0 Å². The summed E-state index contributed by atoms with van der Waals surface area (Å²) in [4.78, 5) is 12.2. The van der Waals surface area contributed by atoms with Gasteiger partial charge in [-0.25, -0.2) is 0 Å². The molecule has 0 bridgehead atoms. The third-order valence-corrected chi connectivity index (χ3v) is 3.84. The molecule has 1 aromatic carbocycles. The van der Waals surface area contributed by atoms with Gasteiger partial charge in [0.1, 0.15) is 0 Å². The molecule has 0 heterocycles. The minimum Gasteiger partial charge on any atom is -0.394 e. The van der Waals surface area contributed by atoms with E-state index in [9.17, 15) is 9.90 Å². The number of aliphatic hydroxyl groups is 1. The van der Waals surface area contributed by atoms with Crippen LogP contribution in [0.2, 0.25) is 0 Å². The lowest BCUT2D eigenvalue weighted by Gasteiger charge is -2.27. The molecule has 1 aromatic rings. The summed E-state index contributed by atoms with van der Waals surface area (Å²) in [6.45, 7) is -0.0814. The van der Waals surface area contributed by atoms with Crippen LogP contribution in [0, 0.1) is 5.92 Å². The number of nitrogens with two attached hydrogens (primary N) is 1. The SMILES string of the molecule is NC1CCC(C(=O)N[C@@H](CO)c2ccccc2)CC1. The molecule has 19 heavy (non-hydrogen) atoms. The Bertz CT molecular complexity index is 400. The minimum atomic E-state index is -0.315. The number of aliphatic hydroxyl groups excluding tert-OH is 1. The van der Waals surface area contributed by atoms with Crippen LogP contribution in [0.1, 0.15) is 37.3 Å². The molecular weight excluding hydrogens is 240 g/mol. The highest BCUT2D eigenvalue weighted by Gasteiger charge is 2.26. The van der Waals surface area contributed by atoms with Gasteiger partial charge in [0.15, 0.2) is 0 Å². The van der Waals surface area contributed by atoms with E-state index in [0.29, 0.717) is 0 Å². The van der Waals surface area contributed by atoms with Gasteiger partial charge in [0.2, 0.25) is 5.91 Å². The van der Waals surface area contributed by atoms with Gasteiger partial charge in [0.05, 0.1) is 12.6 Å². The second kappa shape index (κ2) is 6.68. The van der Waals surface area contributed by atoms with Gasteiger partial charge in [-0.3, -0.25) is 4.79 Å². The van der Waals surface area contributed by atoms with E-state index in [1.165, 1.54) is 0 Å². The van der Waals surface area contributed by atoms with E-state index in [4.69, 9.17) is 5.73 Å². The molecule has 1 amide bonds. The Labute approximate surface area is 114 Å². The van der Waals surface area contributed by atoms with Crippen LogP contribution in [0.3, 0.4) is 0 Å². The molecule has 4 heteroatoms. The van der Waals surface area contributed by atoms with Crippen LogP contribution in [-0.2, 0) is 4.79 Å². The molecule has 4 N–H and O–H groups in total. The van der Waals surface area contributed by atoms with Gasteiger partial charge in [0, 0.05) is 12.0 Å². The Kier molecular flexibility index (Phi) is 4.93. The summed E-state index contributed by atoms with van der Waals surface area (Å²) in [6, 6.07) is 9.49. The number of amides is 1. The number of carbonyl (C=O) groups is 1. The van der Waals surface area contributed by atoms with Crippen molar-refractivity contribution in [2.75, 3.05) is 6.61 Å². The average Bonchev–Trinajstić information content (AvgIpc) is 2.46. The zero-order valence-electron chi connectivity index (χ0n) is 11.1. The van der Waals surface area contributed by atoms with Crippen LogP contribution in [0.25, 0.3) is 0 Å². The summed E-state index contributed by atoms with van der Waals surface area (Å²) in [5.41, 5.74) is 6.78. The van der Waals surface area contributed by atoms with E-state index < -0.39 is 0 Å². The minimum absolute atomic E-state index is 0.0369. The van der Waals surface area contributed by atoms with Crippen molar-refractivity contribution in [2.45, 2.75) is 37.8 Å². The van der Waals surface area contributed by atoms with E-state index in [-0.39, 0.29) is 30.5 Å². The lowest BCUT2D eigenvalue weighted by molar-refractivity contribution is -0.127. The lowest BCUT2D eigenvalue weighted by Crippen LogP contribution is -2.39. The number of benzene rings is 1. The van der Waals surface area contributed by atoms with Gasteiger partial charge in [-0.1, -0.05) is 30.3 Å². The molecule has 0 aliphatic heterocycles. The predicted molar refractivity (Wildman–Crippen MR) is 74.3 cm³/mol. The van der Waals surface area contributed by atoms with Crippen LogP contribution >= 0.6 is 0 Å². The Morgan fingerprint density at radius 2 is 1.89 bits per heavy atom. The van der Waals surface area contributed by atoms with Gasteiger partial charge in [-0.15, -0.1) is 0 Å². The molecule has 1 saturated carbocycles. The third-order valence-electron chi connectivity index (χ3n) is 3.84. The second-order valence-corrected chi connectivity index (χ2v) is 5.27. The zero-order chi connectivity index (χ0) is 13.7. The van der Waals surface area contributed by atoms with E-state index in [1.807, 2.05) is 30.3 Å². The highest BCUT2D eigenvalue weighted by molar-refractivity contribution is 5.79. The summed E-state index contributed by atoms with van der Waals surface area (Å²) in [5, 5.41) is 12.4. The van der Waals surface area contributed by atoms with Crippen LogP contribution < -0.4 is 11.1 Å². The van der Waals surface area contributed by atoms with Crippen molar-refractivity contribution in [1.82, 2.24) is 5.32 Å². The molecule has 0 unspecified atom stereocenters. The van der Waals surface area contributed by atoms with Crippen molar-refractivity contribution in [3.63, 3.8) is 0 Å². The number of hydrogen-bond donors (Lipinski definition) is 3. The number of hydrogen-bond acceptors (Lipinski definition) is 3. The summed E-state index contributed by atoms with van der Waals surface area (Å²) >= 11 is 0. The molecule has 1 atom stereocenters. The summed E-state index contributed by atoms with van der Waals surface area (Å²) < 4.78 is 0. The zero-order valence-corrected chi connectivity index (χ0v) is 11.1. The van der Waals surface area contributed by atoms with Crippen LogP contribution in [0.4, 0.5) is 0 Å².